The number of hydrogen-bond donors (Lipinski definition) is 3. The monoisotopic (exact) mass is 841 g/mol. The molecule has 3 heterocycles. The second-order valence-corrected chi connectivity index (χ2v) is 19.1. The molecule has 2 saturated carbocycles. The van der Waals surface area contributed by atoms with Gasteiger partial charge in [-0.2, -0.15) is 13.2 Å². The Kier molecular flexibility index (Phi) is 11.6. The number of sulfonamides is 1. The van der Waals surface area contributed by atoms with Gasteiger partial charge in [0, 0.05) is 17.2 Å². The van der Waals surface area contributed by atoms with Crippen molar-refractivity contribution >= 4 is 44.6 Å². The number of carbonyl (C=O) groups excluding carboxylic acids is 3. The molecule has 14 nitrogen and oxygen atoms in total. The van der Waals surface area contributed by atoms with Gasteiger partial charge in [0.05, 0.1) is 19.9 Å². The Labute approximate surface area is 334 Å². The highest BCUT2D eigenvalue weighted by Gasteiger charge is 2.65. The fourth-order valence-corrected chi connectivity index (χ4v) is 10.1. The predicted octanol–water partition coefficient (Wildman–Crippen LogP) is 5.34. The number of carboxylic acid groups (broad SMARTS) is 1. The molecule has 6 rings (SSSR count). The topological polar surface area (TPSA) is 185 Å². The number of benzene rings is 1. The molecule has 0 unspecified atom stereocenters. The number of nitrogens with one attached hydrogen (secondary N) is 2. The molecule has 4 aliphatic rings. The van der Waals surface area contributed by atoms with Crippen molar-refractivity contribution in [1.82, 2.24) is 24.8 Å². The molecule has 4 fully saturated rings. The zero-order valence-corrected chi connectivity index (χ0v) is 33.9. The lowest BCUT2D eigenvalue weighted by atomic mass is 9.84. The highest BCUT2D eigenvalue weighted by Crippen LogP contribution is 2.50. The smallest absolute Gasteiger partial charge is 0.411 e. The van der Waals surface area contributed by atoms with Crippen LogP contribution in [0.1, 0.15) is 85.5 Å². The predicted molar refractivity (Wildman–Crippen MR) is 202 cm³/mol. The van der Waals surface area contributed by atoms with Crippen LogP contribution in [0.4, 0.5) is 22.4 Å². The van der Waals surface area contributed by atoms with Crippen molar-refractivity contribution < 1.29 is 59.7 Å². The van der Waals surface area contributed by atoms with Crippen LogP contribution in [-0.4, -0.2) is 113 Å². The molecule has 2 saturated heterocycles. The second kappa shape index (κ2) is 15.6. The van der Waals surface area contributed by atoms with Crippen LogP contribution in [0.25, 0.3) is 10.8 Å². The Morgan fingerprint density at radius 2 is 1.74 bits per heavy atom. The summed E-state index contributed by atoms with van der Waals surface area (Å²) < 4.78 is 96.3. The van der Waals surface area contributed by atoms with Crippen molar-refractivity contribution in [3.05, 3.63) is 30.5 Å². The van der Waals surface area contributed by atoms with Gasteiger partial charge in [0.1, 0.15) is 46.4 Å². The van der Waals surface area contributed by atoms with Crippen LogP contribution in [0, 0.1) is 17.8 Å². The Morgan fingerprint density at radius 3 is 2.34 bits per heavy atom. The van der Waals surface area contributed by atoms with Crippen LogP contribution in [0.15, 0.2) is 30.5 Å². The van der Waals surface area contributed by atoms with Gasteiger partial charge in [0.25, 0.3) is 5.91 Å². The fraction of sp³-hybridized carbons (Fsp3) is 0.667. The molecule has 19 heteroatoms. The summed E-state index contributed by atoms with van der Waals surface area (Å²) in [7, 11) is -3.01. The number of halogens is 4. The van der Waals surface area contributed by atoms with Gasteiger partial charge in [-0.15, -0.1) is 0 Å². The zero-order chi connectivity index (χ0) is 42.6. The van der Waals surface area contributed by atoms with Crippen LogP contribution in [0.3, 0.4) is 0 Å². The van der Waals surface area contributed by atoms with Gasteiger partial charge in [0.15, 0.2) is 0 Å². The standard InChI is InChI=1S/C39H51F4N5O9S/c1-22-10-6-7-11-24-18-38(24,34(51)46-58(54,55)37(21-40)14-15-37)45-31(49)28-17-25(57-32-27-13-9-8-12-26(27)29(56-5)19-44-32)20-47(28)33(50)30(23(2)16-22)48(35(52)53)36(3,4)39(41,42)43/h8-9,12-13,19,22-25,28,30H,6-7,10-11,14-18,20-21H2,1-5H3,(H,45,49)(H,46,51)(H,52,53)/t22-,23+,24+,25+,28-,30-,38+/m0/s1. The average Bonchev–Trinajstić information content (AvgIpc) is 4.06. The van der Waals surface area contributed by atoms with Gasteiger partial charge >= 0.3 is 12.3 Å². The van der Waals surface area contributed by atoms with E-state index in [-0.39, 0.29) is 55.3 Å². The third-order valence-corrected chi connectivity index (χ3v) is 14.7. The van der Waals surface area contributed by atoms with Gasteiger partial charge in [-0.05, 0) is 69.8 Å². The number of amides is 4. The normalized spacial score (nSPS) is 29.2. The first-order valence-electron chi connectivity index (χ1n) is 19.6. The number of aromatic nitrogens is 1. The van der Waals surface area contributed by atoms with Crippen molar-refractivity contribution in [3.8, 4) is 11.6 Å². The average molecular weight is 842 g/mol. The molecular formula is C39H51F4N5O9S. The summed E-state index contributed by atoms with van der Waals surface area (Å²) in [6.07, 6.45) is -4.57. The van der Waals surface area contributed by atoms with Crippen LogP contribution >= 0.6 is 0 Å². The molecule has 0 radical (unpaired) electrons. The Balaban J connectivity index is 1.42. The first kappa shape index (κ1) is 43.2. The van der Waals surface area contributed by atoms with E-state index < -0.39 is 92.5 Å². The van der Waals surface area contributed by atoms with E-state index in [2.05, 4.69) is 10.3 Å². The van der Waals surface area contributed by atoms with E-state index in [4.69, 9.17) is 9.47 Å². The summed E-state index contributed by atoms with van der Waals surface area (Å²) in [5, 5.41) is 14.3. The van der Waals surface area contributed by atoms with E-state index in [0.717, 1.165) is 4.90 Å². The number of carbonyl (C=O) groups is 4. The number of methoxy groups -OCH3 is 1. The lowest BCUT2D eigenvalue weighted by Gasteiger charge is -2.45. The zero-order valence-electron chi connectivity index (χ0n) is 33.1. The molecule has 1 aromatic carbocycles. The molecule has 3 N–H and O–H groups in total. The van der Waals surface area contributed by atoms with E-state index in [9.17, 15) is 50.3 Å². The van der Waals surface area contributed by atoms with Crippen molar-refractivity contribution in [1.29, 1.82) is 0 Å². The summed E-state index contributed by atoms with van der Waals surface area (Å²) in [6.45, 7) is 3.15. The van der Waals surface area contributed by atoms with Crippen LogP contribution < -0.4 is 19.5 Å². The van der Waals surface area contributed by atoms with E-state index in [0.29, 0.717) is 56.1 Å². The Morgan fingerprint density at radius 1 is 1.09 bits per heavy atom. The summed E-state index contributed by atoms with van der Waals surface area (Å²) in [4.78, 5) is 61.9. The van der Waals surface area contributed by atoms with E-state index in [1.165, 1.54) is 20.2 Å². The minimum absolute atomic E-state index is 0.0179. The number of hydrogen-bond acceptors (Lipinski definition) is 9. The summed E-state index contributed by atoms with van der Waals surface area (Å²) in [6, 6.07) is 3.57. The van der Waals surface area contributed by atoms with Gasteiger partial charge in [-0.3, -0.25) is 24.0 Å². The number of pyridine rings is 1. The molecular weight excluding hydrogens is 791 g/mol. The quantitative estimate of drug-likeness (QED) is 0.279. The second-order valence-electron chi connectivity index (χ2n) is 17.0. The maximum atomic E-state index is 15.0. The molecule has 2 aliphatic carbocycles. The Hall–Kier alpha value is -4.42. The number of fused-ring (bicyclic) bond motifs is 3. The fourth-order valence-electron chi connectivity index (χ4n) is 8.72. The van der Waals surface area contributed by atoms with E-state index in [1.807, 2.05) is 11.6 Å². The molecule has 1 aromatic heterocycles. The van der Waals surface area contributed by atoms with E-state index >= 15 is 0 Å². The number of nitrogens with zero attached hydrogens (tertiary/aromatic N) is 3. The maximum absolute atomic E-state index is 15.0. The number of ether oxygens (including phenoxy) is 2. The largest absolute Gasteiger partial charge is 0.494 e. The third-order valence-electron chi connectivity index (χ3n) is 12.6. The number of rotatable bonds is 9. The van der Waals surface area contributed by atoms with E-state index in [1.54, 1.807) is 24.3 Å². The van der Waals surface area contributed by atoms with Crippen molar-refractivity contribution in [2.24, 2.45) is 17.8 Å². The SMILES string of the molecule is COc1cnc(O[C@@H]2C[C@H]3C(=O)N[C@]4(C(=O)NS(=O)(=O)C5(CF)CC5)C[C@H]4CCCC[C@H](C)C[C@@H](C)[C@H](N(C(=O)O)C(C)(C)C(F)(F)F)C(=O)N3C2)c2ccccc12. The highest BCUT2D eigenvalue weighted by molar-refractivity contribution is 7.91. The maximum Gasteiger partial charge on any atom is 0.411 e. The van der Waals surface area contributed by atoms with Gasteiger partial charge < -0.3 is 24.8 Å². The van der Waals surface area contributed by atoms with Crippen LogP contribution in [-0.2, 0) is 24.4 Å². The lowest BCUT2D eigenvalue weighted by molar-refractivity contribution is -0.222. The molecule has 0 bridgehead atoms. The van der Waals surface area contributed by atoms with Gasteiger partial charge in [-0.1, -0.05) is 51.3 Å². The minimum atomic E-state index is -5.11. The number of alkyl halides is 4. The van der Waals surface area contributed by atoms with Gasteiger partial charge in [0.2, 0.25) is 27.7 Å². The minimum Gasteiger partial charge on any atom is -0.494 e. The summed E-state index contributed by atoms with van der Waals surface area (Å²) >= 11 is 0. The molecule has 2 aromatic rings. The molecule has 58 heavy (non-hydrogen) atoms. The lowest BCUT2D eigenvalue weighted by Crippen LogP contribution is -2.66. The molecule has 4 amide bonds. The Bertz CT molecular complexity index is 2050. The van der Waals surface area contributed by atoms with Gasteiger partial charge in [-0.25, -0.2) is 22.6 Å². The molecule has 320 valence electrons. The first-order chi connectivity index (χ1) is 27.1. The van der Waals surface area contributed by atoms with Crippen LogP contribution in [0.2, 0.25) is 0 Å². The van der Waals surface area contributed by atoms with Crippen molar-refractivity contribution in [2.45, 2.75) is 126 Å². The van der Waals surface area contributed by atoms with Crippen LogP contribution in [0.5, 0.6) is 11.6 Å². The molecule has 2 aliphatic heterocycles. The highest BCUT2D eigenvalue weighted by atomic mass is 32.2. The summed E-state index contributed by atoms with van der Waals surface area (Å²) in [5.41, 5.74) is -4.80. The van der Waals surface area contributed by atoms with Crippen molar-refractivity contribution in [3.63, 3.8) is 0 Å². The first-order valence-corrected chi connectivity index (χ1v) is 21.0. The molecule has 7 atom stereocenters. The third kappa shape index (κ3) is 7.86. The van der Waals surface area contributed by atoms with Crippen molar-refractivity contribution in [2.75, 3.05) is 20.3 Å². The molecule has 0 spiro atoms. The summed E-state index contributed by atoms with van der Waals surface area (Å²) in [5.74, 6) is -4.13.